The topological polar surface area (TPSA) is 39.7 Å². The van der Waals surface area contributed by atoms with Crippen LogP contribution in [0.5, 0.6) is 0 Å². The van der Waals surface area contributed by atoms with Gasteiger partial charge in [0.1, 0.15) is 6.61 Å². The summed E-state index contributed by atoms with van der Waals surface area (Å²) in [5.74, 6) is 0. The number of rotatable bonds is 6. The summed E-state index contributed by atoms with van der Waals surface area (Å²) in [7, 11) is 0. The smallest absolute Gasteiger partial charge is 0.376 e. The van der Waals surface area contributed by atoms with Gasteiger partial charge in [0, 0.05) is 13.1 Å². The molecule has 1 aliphatic heterocycles. The maximum atomic E-state index is 11.7. The lowest BCUT2D eigenvalue weighted by Crippen LogP contribution is -2.38. The summed E-state index contributed by atoms with van der Waals surface area (Å²) in [6.07, 6.45) is -4.27. The van der Waals surface area contributed by atoms with Crippen molar-refractivity contribution in [3.63, 3.8) is 0 Å². The van der Waals surface area contributed by atoms with Crippen molar-refractivity contribution in [1.29, 1.82) is 0 Å². The number of alkyl halides is 3. The van der Waals surface area contributed by atoms with Gasteiger partial charge in [-0.3, -0.25) is 0 Å². The molecule has 1 unspecified atom stereocenters. The zero-order valence-electron chi connectivity index (χ0n) is 8.89. The van der Waals surface area contributed by atoms with Gasteiger partial charge in [-0.25, -0.2) is 0 Å². The Morgan fingerprint density at radius 3 is 2.75 bits per heavy atom. The third kappa shape index (κ3) is 7.00. The molecule has 0 bridgehead atoms. The average Bonchev–Trinajstić information content (AvgIpc) is 2.23. The Kier molecular flexibility index (Phi) is 6.04. The molecule has 1 saturated heterocycles. The van der Waals surface area contributed by atoms with Gasteiger partial charge in [-0.2, -0.15) is 13.2 Å². The Balaban J connectivity index is 1.87. The highest BCUT2D eigenvalue weighted by molar-refractivity contribution is 4.63. The Labute approximate surface area is 92.0 Å². The lowest BCUT2D eigenvalue weighted by Gasteiger charge is -2.23. The zero-order valence-corrected chi connectivity index (χ0v) is 8.89. The standard InChI is InChI=1S/C9H16F3NO3/c10-9(11,12)7-15-2-1-13-5-8-6-14-3-4-16-8/h8,13H,1-7H2. The van der Waals surface area contributed by atoms with Gasteiger partial charge >= 0.3 is 6.18 Å². The van der Waals surface area contributed by atoms with E-state index >= 15 is 0 Å². The molecule has 0 aliphatic carbocycles. The van der Waals surface area contributed by atoms with Crippen LogP contribution in [0, 0.1) is 0 Å². The molecule has 1 heterocycles. The van der Waals surface area contributed by atoms with Crippen molar-refractivity contribution in [2.75, 3.05) is 46.1 Å². The van der Waals surface area contributed by atoms with Crippen molar-refractivity contribution in [3.05, 3.63) is 0 Å². The SMILES string of the molecule is FC(F)(F)COCCNCC1COCCO1. The molecule has 0 aromatic heterocycles. The molecule has 1 fully saturated rings. The van der Waals surface area contributed by atoms with Crippen molar-refractivity contribution >= 4 is 0 Å². The largest absolute Gasteiger partial charge is 0.411 e. The number of nitrogens with one attached hydrogen (secondary N) is 1. The molecule has 1 aliphatic rings. The average molecular weight is 243 g/mol. The normalized spacial score (nSPS) is 22.3. The summed E-state index contributed by atoms with van der Waals surface area (Å²) in [5.41, 5.74) is 0. The van der Waals surface area contributed by atoms with Crippen LogP contribution in [0.4, 0.5) is 13.2 Å². The Hall–Kier alpha value is -0.370. The highest BCUT2D eigenvalue weighted by Gasteiger charge is 2.27. The highest BCUT2D eigenvalue weighted by atomic mass is 19.4. The molecule has 16 heavy (non-hydrogen) atoms. The van der Waals surface area contributed by atoms with Crippen LogP contribution in [0.3, 0.4) is 0 Å². The van der Waals surface area contributed by atoms with E-state index in [2.05, 4.69) is 10.1 Å². The number of halogens is 3. The molecule has 0 aromatic rings. The molecule has 0 spiro atoms. The summed E-state index contributed by atoms with van der Waals surface area (Å²) < 4.78 is 49.9. The van der Waals surface area contributed by atoms with Gasteiger partial charge in [0.25, 0.3) is 0 Å². The maximum absolute atomic E-state index is 11.7. The van der Waals surface area contributed by atoms with Crippen LogP contribution in [0.2, 0.25) is 0 Å². The van der Waals surface area contributed by atoms with Crippen molar-refractivity contribution in [3.8, 4) is 0 Å². The number of hydrogen-bond donors (Lipinski definition) is 1. The first-order valence-electron chi connectivity index (χ1n) is 5.12. The molecular formula is C9H16F3NO3. The lowest BCUT2D eigenvalue weighted by atomic mass is 10.3. The molecule has 4 nitrogen and oxygen atoms in total. The lowest BCUT2D eigenvalue weighted by molar-refractivity contribution is -0.173. The van der Waals surface area contributed by atoms with E-state index in [9.17, 15) is 13.2 Å². The van der Waals surface area contributed by atoms with Gasteiger partial charge in [-0.15, -0.1) is 0 Å². The number of ether oxygens (including phenoxy) is 3. The predicted octanol–water partition coefficient (Wildman–Crippen LogP) is 0.570. The fourth-order valence-corrected chi connectivity index (χ4v) is 1.25. The fraction of sp³-hybridized carbons (Fsp3) is 1.00. The van der Waals surface area contributed by atoms with E-state index in [1.54, 1.807) is 0 Å². The first-order chi connectivity index (χ1) is 7.58. The van der Waals surface area contributed by atoms with Gasteiger partial charge in [-0.05, 0) is 0 Å². The summed E-state index contributed by atoms with van der Waals surface area (Å²) in [5, 5.41) is 2.94. The molecule has 96 valence electrons. The minimum absolute atomic E-state index is 0.0173. The van der Waals surface area contributed by atoms with Crippen molar-refractivity contribution in [1.82, 2.24) is 5.32 Å². The fourth-order valence-electron chi connectivity index (χ4n) is 1.25. The van der Waals surface area contributed by atoms with E-state index in [1.807, 2.05) is 0 Å². The van der Waals surface area contributed by atoms with Crippen molar-refractivity contribution < 1.29 is 27.4 Å². The Morgan fingerprint density at radius 2 is 2.12 bits per heavy atom. The molecular weight excluding hydrogens is 227 g/mol. The molecule has 0 saturated carbocycles. The minimum Gasteiger partial charge on any atom is -0.376 e. The van der Waals surface area contributed by atoms with Gasteiger partial charge < -0.3 is 19.5 Å². The monoisotopic (exact) mass is 243 g/mol. The first kappa shape index (κ1) is 13.7. The molecule has 1 N–H and O–H groups in total. The summed E-state index contributed by atoms with van der Waals surface area (Å²) in [6, 6.07) is 0. The van der Waals surface area contributed by atoms with Crippen LogP contribution < -0.4 is 5.32 Å². The van der Waals surface area contributed by atoms with Crippen LogP contribution in [0.15, 0.2) is 0 Å². The van der Waals surface area contributed by atoms with Gasteiger partial charge in [0.15, 0.2) is 0 Å². The second-order valence-corrected chi connectivity index (χ2v) is 3.44. The summed E-state index contributed by atoms with van der Waals surface area (Å²) in [4.78, 5) is 0. The second-order valence-electron chi connectivity index (χ2n) is 3.44. The van der Waals surface area contributed by atoms with E-state index < -0.39 is 12.8 Å². The van der Waals surface area contributed by atoms with Crippen molar-refractivity contribution in [2.24, 2.45) is 0 Å². The van der Waals surface area contributed by atoms with Crippen LogP contribution in [0.25, 0.3) is 0 Å². The summed E-state index contributed by atoms with van der Waals surface area (Å²) in [6.45, 7) is 1.47. The third-order valence-corrected chi connectivity index (χ3v) is 1.95. The Bertz CT molecular complexity index is 183. The van der Waals surface area contributed by atoms with Crippen LogP contribution >= 0.6 is 0 Å². The van der Waals surface area contributed by atoms with E-state index in [0.29, 0.717) is 32.9 Å². The molecule has 0 aromatic carbocycles. The molecule has 1 rings (SSSR count). The van der Waals surface area contributed by atoms with E-state index in [-0.39, 0.29) is 12.7 Å². The first-order valence-corrected chi connectivity index (χ1v) is 5.12. The molecule has 1 atom stereocenters. The van der Waals surface area contributed by atoms with Gasteiger partial charge in [0.05, 0.1) is 32.5 Å². The van der Waals surface area contributed by atoms with E-state index in [1.165, 1.54) is 0 Å². The van der Waals surface area contributed by atoms with E-state index in [0.717, 1.165) is 0 Å². The maximum Gasteiger partial charge on any atom is 0.411 e. The third-order valence-electron chi connectivity index (χ3n) is 1.95. The molecule has 0 radical (unpaired) electrons. The quantitative estimate of drug-likeness (QED) is 0.692. The molecule has 0 amide bonds. The van der Waals surface area contributed by atoms with E-state index in [4.69, 9.17) is 9.47 Å². The van der Waals surface area contributed by atoms with Crippen molar-refractivity contribution in [2.45, 2.75) is 12.3 Å². The predicted molar refractivity (Wildman–Crippen MR) is 50.3 cm³/mol. The van der Waals surface area contributed by atoms with Gasteiger partial charge in [-0.1, -0.05) is 0 Å². The zero-order chi connectivity index (χ0) is 11.9. The minimum atomic E-state index is -4.25. The second kappa shape index (κ2) is 7.05. The summed E-state index contributed by atoms with van der Waals surface area (Å²) >= 11 is 0. The van der Waals surface area contributed by atoms with Crippen LogP contribution in [-0.4, -0.2) is 58.4 Å². The van der Waals surface area contributed by atoms with Gasteiger partial charge in [0.2, 0.25) is 0 Å². The Morgan fingerprint density at radius 1 is 1.31 bits per heavy atom. The molecule has 7 heteroatoms. The van der Waals surface area contributed by atoms with Crippen LogP contribution in [0.1, 0.15) is 0 Å². The highest BCUT2D eigenvalue weighted by Crippen LogP contribution is 2.13. The van der Waals surface area contributed by atoms with Crippen LogP contribution in [-0.2, 0) is 14.2 Å². The number of hydrogen-bond acceptors (Lipinski definition) is 4.